The summed E-state index contributed by atoms with van der Waals surface area (Å²) in [5.41, 5.74) is 0.619. The molecule has 0 aromatic carbocycles. The van der Waals surface area contributed by atoms with Gasteiger partial charge in [-0.25, -0.2) is 0 Å². The van der Waals surface area contributed by atoms with Gasteiger partial charge in [-0.2, -0.15) is 0 Å². The molecule has 5 heteroatoms. The summed E-state index contributed by atoms with van der Waals surface area (Å²) in [6, 6.07) is 0. The van der Waals surface area contributed by atoms with Crippen LogP contribution in [-0.2, 0) is 34.9 Å². The van der Waals surface area contributed by atoms with Crippen molar-refractivity contribution in [3.05, 3.63) is 0 Å². The second-order valence-electron chi connectivity index (χ2n) is 9.11. The molecule has 0 aromatic heterocycles. The third-order valence-corrected chi connectivity index (χ3v) is 4.30. The summed E-state index contributed by atoms with van der Waals surface area (Å²) in [6.07, 6.45) is 7.79. The van der Waals surface area contributed by atoms with Crippen LogP contribution in [0.2, 0.25) is 0 Å². The van der Waals surface area contributed by atoms with Crippen molar-refractivity contribution in [1.82, 2.24) is 0 Å². The predicted octanol–water partition coefficient (Wildman–Crippen LogP) is 5.31. The van der Waals surface area contributed by atoms with E-state index < -0.39 is 11.9 Å². The van der Waals surface area contributed by atoms with E-state index in [1.54, 1.807) is 0 Å². The van der Waals surface area contributed by atoms with E-state index in [-0.39, 0.29) is 6.42 Å². The van der Waals surface area contributed by atoms with Crippen molar-refractivity contribution >= 4 is 16.4 Å². The van der Waals surface area contributed by atoms with Gasteiger partial charge in [0.15, 0.2) is 0 Å². The second-order valence-corrected chi connectivity index (χ2v) is 9.77. The second kappa shape index (κ2) is 11.9. The molecule has 148 valence electrons. The molecule has 0 N–H and O–H groups in total. The first-order valence-corrected chi connectivity index (χ1v) is 9.88. The fourth-order valence-electron chi connectivity index (χ4n) is 2.30. The first-order valence-electron chi connectivity index (χ1n) is 9.32. The molecule has 0 fully saturated rings. The summed E-state index contributed by atoms with van der Waals surface area (Å²) in [7, 11) is 0. The first kappa shape index (κ1) is 24.3. The van der Waals surface area contributed by atoms with Gasteiger partial charge in [-0.3, -0.25) is 0 Å². The molecule has 0 aromatic rings. The van der Waals surface area contributed by atoms with E-state index in [9.17, 15) is 9.59 Å². The van der Waals surface area contributed by atoms with E-state index in [0.29, 0.717) is 21.7 Å². The molecule has 0 saturated heterocycles. The monoisotopic (exact) mass is 396 g/mol. The van der Waals surface area contributed by atoms with Crippen molar-refractivity contribution in [3.63, 3.8) is 0 Å². The fourth-order valence-corrected chi connectivity index (χ4v) is 2.55. The number of rotatable bonds is 10. The normalized spacial score (nSPS) is 12.0. The third kappa shape index (κ3) is 16.5. The number of carbonyl (C=O) groups is 2. The molecule has 0 atom stereocenters. The molecule has 0 aliphatic heterocycles. The van der Waals surface area contributed by atoms with Gasteiger partial charge in [-0.1, -0.05) is 0 Å². The Labute approximate surface area is 161 Å². The van der Waals surface area contributed by atoms with Gasteiger partial charge >= 0.3 is 161 Å². The summed E-state index contributed by atoms with van der Waals surface area (Å²) in [5, 5.41) is 0. The van der Waals surface area contributed by atoms with Crippen LogP contribution in [0.1, 0.15) is 99.3 Å². The summed E-state index contributed by atoms with van der Waals surface area (Å²) < 4.78 is 0.354. The van der Waals surface area contributed by atoms with Crippen LogP contribution >= 0.6 is 0 Å². The Hall–Kier alpha value is -0.671. The maximum atomic E-state index is 11.7. The van der Waals surface area contributed by atoms with Gasteiger partial charge in [0.2, 0.25) is 0 Å². The Balaban J connectivity index is 3.75. The molecule has 0 unspecified atom stereocenters. The fraction of sp³-hybridized carbons (Fsp3) is 0.850. The summed E-state index contributed by atoms with van der Waals surface area (Å²) in [5.74, 6) is -1.14. The van der Waals surface area contributed by atoms with Crippen molar-refractivity contribution in [2.45, 2.75) is 99.3 Å². The summed E-state index contributed by atoms with van der Waals surface area (Å²) in [4.78, 5) is 32.5. The summed E-state index contributed by atoms with van der Waals surface area (Å²) in [6.45, 7) is 13.2. The first-order chi connectivity index (χ1) is 11.4. The van der Waals surface area contributed by atoms with Crippen LogP contribution < -0.4 is 0 Å². The SMILES string of the molecule is CC(C)(C)CCCCCC(=O)OOC(=O)[C](=[Fe])CCCCC(C)(C)C. The van der Waals surface area contributed by atoms with Crippen molar-refractivity contribution in [2.24, 2.45) is 10.8 Å². The molecule has 0 saturated carbocycles. The van der Waals surface area contributed by atoms with Crippen LogP contribution in [0.4, 0.5) is 0 Å². The zero-order valence-electron chi connectivity index (χ0n) is 16.9. The minimum atomic E-state index is -0.642. The standard InChI is InChI=1S/C20H36O4.Fe/c1-19(2,3)15-11-7-9-13-17(21)23-24-18(22)14-10-8-12-16-20(4,5)6;/h7-13,15-16H2,1-6H3;. The van der Waals surface area contributed by atoms with Crippen LogP contribution in [0.5, 0.6) is 0 Å². The molecule has 0 aliphatic rings. The van der Waals surface area contributed by atoms with Crippen molar-refractivity contribution < 1.29 is 34.9 Å². The van der Waals surface area contributed by atoms with Gasteiger partial charge in [0.25, 0.3) is 0 Å². The van der Waals surface area contributed by atoms with E-state index in [1.165, 1.54) is 0 Å². The zero-order chi connectivity index (χ0) is 19.5. The Bertz CT molecular complexity index is 430. The predicted molar refractivity (Wildman–Crippen MR) is 97.7 cm³/mol. The molecule has 25 heavy (non-hydrogen) atoms. The molecule has 0 radical (unpaired) electrons. The topological polar surface area (TPSA) is 52.6 Å². The Kier molecular flexibility index (Phi) is 11.5. The van der Waals surface area contributed by atoms with E-state index in [0.717, 1.165) is 44.9 Å². The Morgan fingerprint density at radius 2 is 1.20 bits per heavy atom. The average Bonchev–Trinajstić information content (AvgIpc) is 2.46. The van der Waals surface area contributed by atoms with Gasteiger partial charge in [-0.05, 0) is 0 Å². The van der Waals surface area contributed by atoms with Gasteiger partial charge in [0, 0.05) is 0 Å². The van der Waals surface area contributed by atoms with E-state index >= 15 is 0 Å². The molecular formula is C20H36FeO4. The van der Waals surface area contributed by atoms with Crippen LogP contribution in [0.25, 0.3) is 0 Å². The van der Waals surface area contributed by atoms with Crippen molar-refractivity contribution in [1.29, 1.82) is 0 Å². The number of hydrogen-bond donors (Lipinski definition) is 0. The minimum absolute atomic E-state index is 0.273. The van der Waals surface area contributed by atoms with Gasteiger partial charge in [-0.15, -0.1) is 0 Å². The molecular weight excluding hydrogens is 360 g/mol. The van der Waals surface area contributed by atoms with Crippen molar-refractivity contribution in [2.75, 3.05) is 0 Å². The molecule has 0 rings (SSSR count). The van der Waals surface area contributed by atoms with Gasteiger partial charge in [0.1, 0.15) is 0 Å². The molecule has 0 spiro atoms. The van der Waals surface area contributed by atoms with Crippen LogP contribution in [-0.4, -0.2) is 16.4 Å². The molecule has 0 aliphatic carbocycles. The maximum absolute atomic E-state index is 11.7. The van der Waals surface area contributed by atoms with E-state index in [4.69, 9.17) is 0 Å². The van der Waals surface area contributed by atoms with E-state index in [1.807, 2.05) is 0 Å². The average molecular weight is 396 g/mol. The van der Waals surface area contributed by atoms with Crippen LogP contribution in [0.3, 0.4) is 0 Å². The Morgan fingerprint density at radius 3 is 1.72 bits per heavy atom. The number of unbranched alkanes of at least 4 members (excludes halogenated alkanes) is 3. The molecule has 0 bridgehead atoms. The Morgan fingerprint density at radius 1 is 0.720 bits per heavy atom. The van der Waals surface area contributed by atoms with Crippen LogP contribution in [0, 0.1) is 10.8 Å². The number of carbonyl (C=O) groups excluding carboxylic acids is 2. The van der Waals surface area contributed by atoms with Crippen molar-refractivity contribution in [3.8, 4) is 0 Å². The third-order valence-electron chi connectivity index (χ3n) is 3.80. The summed E-state index contributed by atoms with van der Waals surface area (Å²) >= 11 is 3.71. The van der Waals surface area contributed by atoms with Gasteiger partial charge in [0.05, 0.1) is 0 Å². The molecule has 0 heterocycles. The molecule has 0 amide bonds. The zero-order valence-corrected chi connectivity index (χ0v) is 18.0. The van der Waals surface area contributed by atoms with Crippen LogP contribution in [0.15, 0.2) is 0 Å². The number of hydrogen-bond acceptors (Lipinski definition) is 4. The van der Waals surface area contributed by atoms with E-state index in [2.05, 4.69) is 66.9 Å². The molecule has 4 nitrogen and oxygen atoms in total. The quantitative estimate of drug-likeness (QED) is 0.217. The van der Waals surface area contributed by atoms with Gasteiger partial charge < -0.3 is 0 Å².